The minimum atomic E-state index is 0.0587. The molecule has 0 aliphatic heterocycles. The monoisotopic (exact) mass is 347 g/mol. The van der Waals surface area contributed by atoms with Crippen molar-refractivity contribution < 1.29 is 0 Å². The average Bonchev–Trinajstić information content (AvgIpc) is 2.85. The molecule has 0 radical (unpaired) electrons. The Kier molecular flexibility index (Phi) is 4.20. The van der Waals surface area contributed by atoms with Gasteiger partial charge in [-0.1, -0.05) is 39.8 Å². The zero-order chi connectivity index (χ0) is 14.1. The number of fused-ring (bicyclic) bond motifs is 1. The molecule has 2 aromatic rings. The molecule has 3 heteroatoms. The van der Waals surface area contributed by atoms with Crippen molar-refractivity contribution in [2.45, 2.75) is 42.0 Å². The van der Waals surface area contributed by atoms with Gasteiger partial charge in [-0.25, -0.2) is 0 Å². The first-order chi connectivity index (χ1) is 9.63. The quantitative estimate of drug-likeness (QED) is 0.834. The summed E-state index contributed by atoms with van der Waals surface area (Å²) in [6, 6.07) is 13.4. The highest BCUT2D eigenvalue weighted by molar-refractivity contribution is 9.10. The molecule has 1 nitrogen and oxygen atoms in total. The SMILES string of the molecule is CC(N)c1ccc(Sc2ccc3c(c2)CCC3)cc1Br. The van der Waals surface area contributed by atoms with E-state index < -0.39 is 0 Å². The van der Waals surface area contributed by atoms with Crippen LogP contribution in [-0.4, -0.2) is 0 Å². The number of rotatable bonds is 3. The van der Waals surface area contributed by atoms with Crippen LogP contribution in [0, 0.1) is 0 Å². The van der Waals surface area contributed by atoms with Gasteiger partial charge < -0.3 is 5.73 Å². The lowest BCUT2D eigenvalue weighted by Crippen LogP contribution is -2.05. The summed E-state index contributed by atoms with van der Waals surface area (Å²) in [7, 11) is 0. The van der Waals surface area contributed by atoms with Gasteiger partial charge in [0.05, 0.1) is 0 Å². The van der Waals surface area contributed by atoms with Gasteiger partial charge in [0.15, 0.2) is 0 Å². The number of hydrogen-bond donors (Lipinski definition) is 1. The average molecular weight is 348 g/mol. The number of nitrogens with two attached hydrogens (primary N) is 1. The minimum absolute atomic E-state index is 0.0587. The Labute approximate surface area is 133 Å². The minimum Gasteiger partial charge on any atom is -0.324 e. The van der Waals surface area contributed by atoms with Crippen LogP contribution in [0.3, 0.4) is 0 Å². The first-order valence-corrected chi connectivity index (χ1v) is 8.59. The maximum atomic E-state index is 5.94. The maximum absolute atomic E-state index is 5.94. The molecule has 0 amide bonds. The summed E-state index contributed by atoms with van der Waals surface area (Å²) in [4.78, 5) is 2.57. The Morgan fingerprint density at radius 2 is 1.75 bits per heavy atom. The summed E-state index contributed by atoms with van der Waals surface area (Å²) in [6.45, 7) is 2.01. The first-order valence-electron chi connectivity index (χ1n) is 6.98. The molecule has 0 fully saturated rings. The van der Waals surface area contributed by atoms with Crippen molar-refractivity contribution in [1.29, 1.82) is 0 Å². The Bertz CT molecular complexity index is 637. The van der Waals surface area contributed by atoms with Gasteiger partial charge in [-0.3, -0.25) is 0 Å². The molecular formula is C17H18BrNS. The van der Waals surface area contributed by atoms with Crippen LogP contribution in [0.25, 0.3) is 0 Å². The Balaban J connectivity index is 1.83. The van der Waals surface area contributed by atoms with Gasteiger partial charge in [-0.15, -0.1) is 0 Å². The first kappa shape index (κ1) is 14.2. The van der Waals surface area contributed by atoms with Gasteiger partial charge in [0.1, 0.15) is 0 Å². The highest BCUT2D eigenvalue weighted by Crippen LogP contribution is 2.34. The molecule has 1 aliphatic rings. The van der Waals surface area contributed by atoms with E-state index in [1.54, 1.807) is 0 Å². The second-order valence-electron chi connectivity index (χ2n) is 5.36. The summed E-state index contributed by atoms with van der Waals surface area (Å²) < 4.78 is 1.10. The van der Waals surface area contributed by atoms with E-state index in [4.69, 9.17) is 5.73 Å². The Morgan fingerprint density at radius 3 is 2.50 bits per heavy atom. The lowest BCUT2D eigenvalue weighted by atomic mass is 10.1. The van der Waals surface area contributed by atoms with Crippen molar-refractivity contribution in [3.05, 3.63) is 57.6 Å². The second kappa shape index (κ2) is 5.92. The van der Waals surface area contributed by atoms with Crippen molar-refractivity contribution in [2.24, 2.45) is 5.73 Å². The van der Waals surface area contributed by atoms with Crippen molar-refractivity contribution in [1.82, 2.24) is 0 Å². The molecule has 0 saturated carbocycles. The van der Waals surface area contributed by atoms with Crippen LogP contribution >= 0.6 is 27.7 Å². The van der Waals surface area contributed by atoms with Crippen LogP contribution < -0.4 is 5.73 Å². The van der Waals surface area contributed by atoms with Crippen molar-refractivity contribution >= 4 is 27.7 Å². The fourth-order valence-electron chi connectivity index (χ4n) is 2.69. The molecule has 0 spiro atoms. The normalized spacial score (nSPS) is 15.2. The molecule has 20 heavy (non-hydrogen) atoms. The Hall–Kier alpha value is -0.770. The molecule has 2 N–H and O–H groups in total. The molecule has 0 heterocycles. The van der Waals surface area contributed by atoms with Crippen molar-refractivity contribution in [3.63, 3.8) is 0 Å². The molecule has 2 aromatic carbocycles. The molecule has 0 saturated heterocycles. The van der Waals surface area contributed by atoms with Gasteiger partial charge in [-0.2, -0.15) is 0 Å². The predicted molar refractivity (Wildman–Crippen MR) is 89.3 cm³/mol. The molecule has 1 aliphatic carbocycles. The fourth-order valence-corrected chi connectivity index (χ4v) is 4.50. The standard InChI is InChI=1S/C17H18BrNS/c1-11(19)16-8-7-15(10-17(16)18)20-14-6-5-12-3-2-4-13(12)9-14/h5-11H,2-4,19H2,1H3. The number of halogens is 1. The molecule has 1 atom stereocenters. The number of aryl methyl sites for hydroxylation is 2. The molecule has 3 rings (SSSR count). The van der Waals surface area contributed by atoms with Gasteiger partial charge >= 0.3 is 0 Å². The summed E-state index contributed by atoms with van der Waals surface area (Å²) in [5.41, 5.74) is 10.2. The smallest absolute Gasteiger partial charge is 0.0277 e. The van der Waals surface area contributed by atoms with E-state index in [9.17, 15) is 0 Å². The van der Waals surface area contributed by atoms with Crippen LogP contribution in [0.15, 0.2) is 50.7 Å². The maximum Gasteiger partial charge on any atom is 0.0277 e. The van der Waals surface area contributed by atoms with Crippen LogP contribution in [0.5, 0.6) is 0 Å². The van der Waals surface area contributed by atoms with E-state index in [2.05, 4.69) is 52.3 Å². The number of hydrogen-bond acceptors (Lipinski definition) is 2. The lowest BCUT2D eigenvalue weighted by molar-refractivity contribution is 0.811. The topological polar surface area (TPSA) is 26.0 Å². The fraction of sp³-hybridized carbons (Fsp3) is 0.294. The van der Waals surface area contributed by atoms with Crippen LogP contribution in [0.2, 0.25) is 0 Å². The number of benzene rings is 2. The van der Waals surface area contributed by atoms with Gasteiger partial charge in [0.2, 0.25) is 0 Å². The van der Waals surface area contributed by atoms with Crippen molar-refractivity contribution in [2.75, 3.05) is 0 Å². The second-order valence-corrected chi connectivity index (χ2v) is 7.36. The van der Waals surface area contributed by atoms with Crippen LogP contribution in [-0.2, 0) is 12.8 Å². The molecule has 104 valence electrons. The Morgan fingerprint density at radius 1 is 1.05 bits per heavy atom. The molecular weight excluding hydrogens is 330 g/mol. The zero-order valence-corrected chi connectivity index (χ0v) is 13.9. The van der Waals surface area contributed by atoms with E-state index in [-0.39, 0.29) is 6.04 Å². The summed E-state index contributed by atoms with van der Waals surface area (Å²) in [5.74, 6) is 0. The third kappa shape index (κ3) is 2.95. The molecule has 1 unspecified atom stereocenters. The van der Waals surface area contributed by atoms with E-state index in [1.807, 2.05) is 18.7 Å². The van der Waals surface area contributed by atoms with E-state index in [0.717, 1.165) is 10.0 Å². The summed E-state index contributed by atoms with van der Waals surface area (Å²) >= 11 is 5.43. The molecule has 0 bridgehead atoms. The highest BCUT2D eigenvalue weighted by Gasteiger charge is 2.12. The van der Waals surface area contributed by atoms with Crippen LogP contribution in [0.1, 0.15) is 36.1 Å². The third-order valence-electron chi connectivity index (χ3n) is 3.77. The van der Waals surface area contributed by atoms with E-state index in [1.165, 1.54) is 40.2 Å². The van der Waals surface area contributed by atoms with E-state index in [0.29, 0.717) is 0 Å². The largest absolute Gasteiger partial charge is 0.324 e. The third-order valence-corrected chi connectivity index (χ3v) is 5.43. The highest BCUT2D eigenvalue weighted by atomic mass is 79.9. The van der Waals surface area contributed by atoms with Gasteiger partial charge in [0, 0.05) is 20.3 Å². The summed E-state index contributed by atoms with van der Waals surface area (Å²) in [5, 5.41) is 0. The summed E-state index contributed by atoms with van der Waals surface area (Å²) in [6.07, 6.45) is 3.78. The van der Waals surface area contributed by atoms with Crippen LogP contribution in [0.4, 0.5) is 0 Å². The van der Waals surface area contributed by atoms with Gasteiger partial charge in [0.25, 0.3) is 0 Å². The van der Waals surface area contributed by atoms with E-state index >= 15 is 0 Å². The van der Waals surface area contributed by atoms with Gasteiger partial charge in [-0.05, 0) is 67.1 Å². The van der Waals surface area contributed by atoms with Crippen molar-refractivity contribution in [3.8, 4) is 0 Å². The predicted octanol–water partition coefficient (Wildman–Crippen LogP) is 5.11. The molecule has 0 aromatic heterocycles. The zero-order valence-electron chi connectivity index (χ0n) is 11.5. The lowest BCUT2D eigenvalue weighted by Gasteiger charge is -2.10.